The smallest absolute Gasteiger partial charge is 0.306 e. The molecule has 5 nitrogen and oxygen atoms in total. The Labute approximate surface area is 117 Å². The van der Waals surface area contributed by atoms with Crippen molar-refractivity contribution in [2.75, 3.05) is 0 Å². The number of hydrogen-bond donors (Lipinski definition) is 2. The number of nitrogens with one attached hydrogen (secondary N) is 1. The molecule has 6 heteroatoms. The summed E-state index contributed by atoms with van der Waals surface area (Å²) in [6.07, 6.45) is 3.78. The minimum atomic E-state index is -0.767. The van der Waals surface area contributed by atoms with Gasteiger partial charge in [0.2, 0.25) is 0 Å². The topological polar surface area (TPSA) is 79.3 Å². The van der Waals surface area contributed by atoms with Crippen molar-refractivity contribution in [3.63, 3.8) is 0 Å². The SMILES string of the molecule is Cc1ncc(C(=O)NC(C)CCCC(C)C(=O)O)s1. The Kier molecular flexibility index (Phi) is 5.95. The van der Waals surface area contributed by atoms with Gasteiger partial charge in [-0.3, -0.25) is 9.59 Å². The van der Waals surface area contributed by atoms with E-state index in [2.05, 4.69) is 10.3 Å². The van der Waals surface area contributed by atoms with Crippen molar-refractivity contribution in [3.05, 3.63) is 16.1 Å². The number of nitrogens with zero attached hydrogens (tertiary/aromatic N) is 1. The molecule has 1 aromatic rings. The van der Waals surface area contributed by atoms with Crippen LogP contribution in [0, 0.1) is 12.8 Å². The molecule has 0 aliphatic carbocycles. The number of aryl methyl sites for hydroxylation is 1. The predicted molar refractivity (Wildman–Crippen MR) is 74.4 cm³/mol. The van der Waals surface area contributed by atoms with Gasteiger partial charge >= 0.3 is 5.97 Å². The third kappa shape index (κ3) is 5.38. The highest BCUT2D eigenvalue weighted by Crippen LogP contribution is 2.13. The number of carbonyl (C=O) groups is 2. The van der Waals surface area contributed by atoms with Crippen LogP contribution in [0.2, 0.25) is 0 Å². The Balaban J connectivity index is 2.29. The average Bonchev–Trinajstić information content (AvgIpc) is 2.75. The number of carbonyl (C=O) groups excluding carboxylic acids is 1. The van der Waals surface area contributed by atoms with E-state index in [1.165, 1.54) is 11.3 Å². The minimum Gasteiger partial charge on any atom is -0.481 e. The molecular formula is C13H20N2O3S. The van der Waals surface area contributed by atoms with E-state index in [1.54, 1.807) is 13.1 Å². The van der Waals surface area contributed by atoms with Crippen LogP contribution in [0.1, 0.15) is 47.8 Å². The first kappa shape index (κ1) is 15.6. The van der Waals surface area contributed by atoms with E-state index in [4.69, 9.17) is 5.11 Å². The summed E-state index contributed by atoms with van der Waals surface area (Å²) in [6, 6.07) is 0.0379. The fourth-order valence-electron chi connectivity index (χ4n) is 1.69. The molecule has 2 N–H and O–H groups in total. The number of carboxylic acids is 1. The maximum atomic E-state index is 11.8. The zero-order chi connectivity index (χ0) is 14.4. The van der Waals surface area contributed by atoms with Gasteiger partial charge in [0.1, 0.15) is 4.88 Å². The monoisotopic (exact) mass is 284 g/mol. The molecule has 0 fully saturated rings. The molecule has 0 aliphatic heterocycles. The average molecular weight is 284 g/mol. The number of amides is 1. The highest BCUT2D eigenvalue weighted by atomic mass is 32.1. The Morgan fingerprint density at radius 2 is 2.11 bits per heavy atom. The van der Waals surface area contributed by atoms with Crippen LogP contribution in [0.4, 0.5) is 0 Å². The molecule has 106 valence electrons. The lowest BCUT2D eigenvalue weighted by atomic mass is 10.0. The zero-order valence-corrected chi connectivity index (χ0v) is 12.3. The second kappa shape index (κ2) is 7.23. The van der Waals surface area contributed by atoms with Crippen molar-refractivity contribution in [1.29, 1.82) is 0 Å². The van der Waals surface area contributed by atoms with Gasteiger partial charge in [0, 0.05) is 6.04 Å². The summed E-state index contributed by atoms with van der Waals surface area (Å²) in [5.74, 6) is -1.20. The van der Waals surface area contributed by atoms with Crippen molar-refractivity contribution in [1.82, 2.24) is 10.3 Å². The summed E-state index contributed by atoms with van der Waals surface area (Å²) in [4.78, 5) is 27.2. The first-order chi connectivity index (χ1) is 8.90. The van der Waals surface area contributed by atoms with Gasteiger partial charge in [-0.15, -0.1) is 11.3 Å². The highest BCUT2D eigenvalue weighted by Gasteiger charge is 2.14. The van der Waals surface area contributed by atoms with E-state index in [0.717, 1.165) is 17.8 Å². The van der Waals surface area contributed by atoms with E-state index in [-0.39, 0.29) is 17.9 Å². The molecule has 0 radical (unpaired) electrons. The van der Waals surface area contributed by atoms with Crippen LogP contribution in [0.5, 0.6) is 0 Å². The molecule has 1 aromatic heterocycles. The summed E-state index contributed by atoms with van der Waals surface area (Å²) >= 11 is 1.37. The normalized spacial score (nSPS) is 13.8. The Morgan fingerprint density at radius 1 is 1.42 bits per heavy atom. The third-order valence-corrected chi connectivity index (χ3v) is 3.83. The van der Waals surface area contributed by atoms with Gasteiger partial charge in [-0.05, 0) is 26.7 Å². The van der Waals surface area contributed by atoms with E-state index in [1.807, 2.05) is 13.8 Å². The molecule has 0 bridgehead atoms. The summed E-state index contributed by atoms with van der Waals surface area (Å²) in [6.45, 7) is 5.49. The molecule has 0 saturated heterocycles. The van der Waals surface area contributed by atoms with Gasteiger partial charge in [-0.25, -0.2) is 4.98 Å². The number of rotatable bonds is 7. The molecular weight excluding hydrogens is 264 g/mol. The summed E-state index contributed by atoms with van der Waals surface area (Å²) in [5.41, 5.74) is 0. The lowest BCUT2D eigenvalue weighted by Crippen LogP contribution is -2.32. The highest BCUT2D eigenvalue weighted by molar-refractivity contribution is 7.13. The molecule has 1 heterocycles. The van der Waals surface area contributed by atoms with Crippen LogP contribution in [-0.2, 0) is 4.79 Å². The molecule has 0 aliphatic rings. The van der Waals surface area contributed by atoms with E-state index < -0.39 is 5.97 Å². The maximum Gasteiger partial charge on any atom is 0.306 e. The Bertz CT molecular complexity index is 445. The van der Waals surface area contributed by atoms with Crippen LogP contribution >= 0.6 is 11.3 Å². The van der Waals surface area contributed by atoms with Crippen molar-refractivity contribution in [2.24, 2.45) is 5.92 Å². The number of thiazole rings is 1. The minimum absolute atomic E-state index is 0.0379. The fraction of sp³-hybridized carbons (Fsp3) is 0.615. The van der Waals surface area contributed by atoms with Gasteiger partial charge < -0.3 is 10.4 Å². The summed E-state index contributed by atoms with van der Waals surface area (Å²) in [7, 11) is 0. The standard InChI is InChI=1S/C13H20N2O3S/c1-8(13(17)18)5-4-6-9(2)15-12(16)11-7-14-10(3)19-11/h7-9H,4-6H2,1-3H3,(H,15,16)(H,17,18). The van der Waals surface area contributed by atoms with Crippen LogP contribution in [-0.4, -0.2) is 28.0 Å². The van der Waals surface area contributed by atoms with Gasteiger partial charge in [0.15, 0.2) is 0 Å². The second-order valence-electron chi connectivity index (χ2n) is 4.79. The Morgan fingerprint density at radius 3 is 2.63 bits per heavy atom. The Hall–Kier alpha value is -1.43. The van der Waals surface area contributed by atoms with Gasteiger partial charge in [0.05, 0.1) is 17.1 Å². The number of aromatic nitrogens is 1. The summed E-state index contributed by atoms with van der Waals surface area (Å²) < 4.78 is 0. The second-order valence-corrected chi connectivity index (χ2v) is 6.02. The largest absolute Gasteiger partial charge is 0.481 e. The van der Waals surface area contributed by atoms with Crippen molar-refractivity contribution < 1.29 is 14.7 Å². The fourth-order valence-corrected chi connectivity index (χ4v) is 2.37. The lowest BCUT2D eigenvalue weighted by Gasteiger charge is -2.13. The number of aliphatic carboxylic acids is 1. The maximum absolute atomic E-state index is 11.8. The van der Waals surface area contributed by atoms with Crippen molar-refractivity contribution >= 4 is 23.2 Å². The molecule has 2 atom stereocenters. The van der Waals surface area contributed by atoms with Gasteiger partial charge in [0.25, 0.3) is 5.91 Å². The number of hydrogen-bond acceptors (Lipinski definition) is 4. The lowest BCUT2D eigenvalue weighted by molar-refractivity contribution is -0.141. The van der Waals surface area contributed by atoms with Gasteiger partial charge in [-0.1, -0.05) is 13.3 Å². The predicted octanol–water partition coefficient (Wildman–Crippen LogP) is 2.46. The summed E-state index contributed by atoms with van der Waals surface area (Å²) in [5, 5.41) is 12.5. The van der Waals surface area contributed by atoms with E-state index in [9.17, 15) is 9.59 Å². The number of carboxylic acid groups (broad SMARTS) is 1. The van der Waals surface area contributed by atoms with Crippen LogP contribution in [0.25, 0.3) is 0 Å². The van der Waals surface area contributed by atoms with Gasteiger partial charge in [-0.2, -0.15) is 0 Å². The first-order valence-corrected chi connectivity index (χ1v) is 7.18. The zero-order valence-electron chi connectivity index (χ0n) is 11.5. The molecule has 1 rings (SSSR count). The first-order valence-electron chi connectivity index (χ1n) is 6.36. The van der Waals surface area contributed by atoms with Crippen LogP contribution in [0.3, 0.4) is 0 Å². The van der Waals surface area contributed by atoms with Crippen LogP contribution in [0.15, 0.2) is 6.20 Å². The van der Waals surface area contributed by atoms with E-state index >= 15 is 0 Å². The molecule has 2 unspecified atom stereocenters. The van der Waals surface area contributed by atoms with Crippen molar-refractivity contribution in [3.8, 4) is 0 Å². The van der Waals surface area contributed by atoms with E-state index in [0.29, 0.717) is 11.3 Å². The molecule has 0 saturated carbocycles. The molecule has 1 amide bonds. The molecule has 0 spiro atoms. The molecule has 0 aromatic carbocycles. The van der Waals surface area contributed by atoms with Crippen molar-refractivity contribution in [2.45, 2.75) is 46.1 Å². The van der Waals surface area contributed by atoms with Crippen LogP contribution < -0.4 is 5.32 Å². The molecule has 19 heavy (non-hydrogen) atoms. The third-order valence-electron chi connectivity index (χ3n) is 2.92. The quantitative estimate of drug-likeness (QED) is 0.806.